The first-order valence-corrected chi connectivity index (χ1v) is 6.90. The number of methoxy groups -OCH3 is 2. The number of nitrogens with two attached hydrogens (primary N) is 1. The fourth-order valence-electron chi connectivity index (χ4n) is 1.89. The minimum atomic E-state index is 0.136. The van der Waals surface area contributed by atoms with Gasteiger partial charge in [0.2, 0.25) is 5.75 Å². The molecule has 0 saturated heterocycles. The van der Waals surface area contributed by atoms with Gasteiger partial charge in [-0.05, 0) is 37.0 Å². The van der Waals surface area contributed by atoms with Crippen LogP contribution in [0.15, 0.2) is 24.8 Å². The molecule has 1 rings (SSSR count). The number of ether oxygens (including phenoxy) is 3. The van der Waals surface area contributed by atoms with Crippen LogP contribution in [0, 0.1) is 0 Å². The Labute approximate surface area is 121 Å². The fraction of sp³-hybridized carbons (Fsp3) is 0.500. The highest BCUT2D eigenvalue weighted by atomic mass is 16.5. The lowest BCUT2D eigenvalue weighted by Gasteiger charge is -2.17. The molecule has 0 saturated carbocycles. The van der Waals surface area contributed by atoms with Crippen LogP contribution < -0.4 is 19.9 Å². The second kappa shape index (κ2) is 8.48. The predicted molar refractivity (Wildman–Crippen MR) is 81.8 cm³/mol. The Morgan fingerprint density at radius 2 is 1.85 bits per heavy atom. The number of benzene rings is 1. The molecule has 4 nitrogen and oxygen atoms in total. The van der Waals surface area contributed by atoms with Gasteiger partial charge >= 0.3 is 0 Å². The van der Waals surface area contributed by atoms with Gasteiger partial charge in [-0.1, -0.05) is 13.0 Å². The molecule has 0 aliphatic rings. The van der Waals surface area contributed by atoms with E-state index in [1.807, 2.05) is 18.2 Å². The molecule has 0 bridgehead atoms. The molecule has 1 aromatic carbocycles. The lowest BCUT2D eigenvalue weighted by Crippen LogP contribution is -2.21. The third-order valence-electron chi connectivity index (χ3n) is 3.11. The largest absolute Gasteiger partial charge is 0.493 e. The van der Waals surface area contributed by atoms with Crippen molar-refractivity contribution in [3.63, 3.8) is 0 Å². The van der Waals surface area contributed by atoms with Crippen LogP contribution in [0.3, 0.4) is 0 Å². The van der Waals surface area contributed by atoms with E-state index in [1.54, 1.807) is 14.2 Å². The average Bonchev–Trinajstić information content (AvgIpc) is 2.47. The number of hydrogen-bond donors (Lipinski definition) is 1. The smallest absolute Gasteiger partial charge is 0.203 e. The SMILES string of the molecule is C=CCCOc1c(OC)cc(CC(N)CC)cc1OC. The summed E-state index contributed by atoms with van der Waals surface area (Å²) in [5.74, 6) is 1.98. The van der Waals surface area contributed by atoms with Crippen molar-refractivity contribution in [2.24, 2.45) is 5.73 Å². The molecule has 0 heterocycles. The lowest BCUT2D eigenvalue weighted by atomic mass is 10.0. The Morgan fingerprint density at radius 3 is 2.30 bits per heavy atom. The Kier molecular flexibility index (Phi) is 6.94. The van der Waals surface area contributed by atoms with Crippen LogP contribution in [0.25, 0.3) is 0 Å². The summed E-state index contributed by atoms with van der Waals surface area (Å²) in [6.07, 6.45) is 4.31. The predicted octanol–water partition coefficient (Wildman–Crippen LogP) is 2.94. The third-order valence-corrected chi connectivity index (χ3v) is 3.11. The van der Waals surface area contributed by atoms with Crippen LogP contribution in [0.1, 0.15) is 25.3 Å². The fourth-order valence-corrected chi connectivity index (χ4v) is 1.89. The maximum absolute atomic E-state index is 6.00. The quantitative estimate of drug-likeness (QED) is 0.558. The zero-order valence-corrected chi connectivity index (χ0v) is 12.6. The Bertz CT molecular complexity index is 407. The minimum absolute atomic E-state index is 0.136. The molecule has 20 heavy (non-hydrogen) atoms. The molecule has 0 aliphatic heterocycles. The summed E-state index contributed by atoms with van der Waals surface area (Å²) in [7, 11) is 3.25. The maximum Gasteiger partial charge on any atom is 0.203 e. The van der Waals surface area contributed by atoms with Crippen molar-refractivity contribution >= 4 is 0 Å². The van der Waals surface area contributed by atoms with E-state index in [1.165, 1.54) is 0 Å². The van der Waals surface area contributed by atoms with Crippen LogP contribution in [0.4, 0.5) is 0 Å². The van der Waals surface area contributed by atoms with Gasteiger partial charge in [-0.15, -0.1) is 6.58 Å². The minimum Gasteiger partial charge on any atom is -0.493 e. The molecule has 0 amide bonds. The summed E-state index contributed by atoms with van der Waals surface area (Å²) >= 11 is 0. The summed E-state index contributed by atoms with van der Waals surface area (Å²) in [6, 6.07) is 4.06. The van der Waals surface area contributed by atoms with Gasteiger partial charge < -0.3 is 19.9 Å². The van der Waals surface area contributed by atoms with Gasteiger partial charge in [-0.2, -0.15) is 0 Å². The van der Waals surface area contributed by atoms with Crippen molar-refractivity contribution in [1.82, 2.24) is 0 Å². The second-order valence-corrected chi connectivity index (χ2v) is 4.63. The van der Waals surface area contributed by atoms with E-state index in [4.69, 9.17) is 19.9 Å². The van der Waals surface area contributed by atoms with Crippen LogP contribution in [-0.2, 0) is 6.42 Å². The molecular weight excluding hydrogens is 254 g/mol. The zero-order chi connectivity index (χ0) is 15.0. The van der Waals surface area contributed by atoms with E-state index in [9.17, 15) is 0 Å². The van der Waals surface area contributed by atoms with Crippen LogP contribution in [0.5, 0.6) is 17.2 Å². The highest BCUT2D eigenvalue weighted by Crippen LogP contribution is 2.39. The molecule has 4 heteroatoms. The van der Waals surface area contributed by atoms with Gasteiger partial charge in [0.1, 0.15) is 0 Å². The van der Waals surface area contributed by atoms with E-state index >= 15 is 0 Å². The van der Waals surface area contributed by atoms with Crippen molar-refractivity contribution in [2.75, 3.05) is 20.8 Å². The highest BCUT2D eigenvalue weighted by Gasteiger charge is 2.15. The first kappa shape index (κ1) is 16.4. The van der Waals surface area contributed by atoms with Crippen molar-refractivity contribution in [1.29, 1.82) is 0 Å². The van der Waals surface area contributed by atoms with E-state index in [2.05, 4.69) is 13.5 Å². The number of hydrogen-bond acceptors (Lipinski definition) is 4. The first-order valence-electron chi connectivity index (χ1n) is 6.90. The maximum atomic E-state index is 6.00. The summed E-state index contributed by atoms with van der Waals surface area (Å²) in [4.78, 5) is 0. The zero-order valence-electron chi connectivity index (χ0n) is 12.6. The molecule has 112 valence electrons. The summed E-state index contributed by atoms with van der Waals surface area (Å²) in [5, 5.41) is 0. The second-order valence-electron chi connectivity index (χ2n) is 4.63. The van der Waals surface area contributed by atoms with E-state index in [0.717, 1.165) is 24.8 Å². The van der Waals surface area contributed by atoms with Gasteiger partial charge in [0.25, 0.3) is 0 Å². The van der Waals surface area contributed by atoms with Gasteiger partial charge in [-0.3, -0.25) is 0 Å². The molecule has 0 spiro atoms. The van der Waals surface area contributed by atoms with E-state index < -0.39 is 0 Å². The van der Waals surface area contributed by atoms with E-state index in [0.29, 0.717) is 23.9 Å². The first-order chi connectivity index (χ1) is 9.65. The van der Waals surface area contributed by atoms with Gasteiger partial charge in [0.05, 0.1) is 20.8 Å². The topological polar surface area (TPSA) is 53.7 Å². The summed E-state index contributed by atoms with van der Waals surface area (Å²) < 4.78 is 16.5. The Morgan fingerprint density at radius 1 is 1.25 bits per heavy atom. The summed E-state index contributed by atoms with van der Waals surface area (Å²) in [5.41, 5.74) is 7.09. The molecular formula is C16H25NO3. The third kappa shape index (κ3) is 4.46. The molecule has 0 aliphatic carbocycles. The molecule has 1 atom stereocenters. The standard InChI is InChI=1S/C16H25NO3/c1-5-7-8-20-16-14(18-3)10-12(9-13(17)6-2)11-15(16)19-4/h5,10-11,13H,1,6-9,17H2,2-4H3. The molecule has 0 radical (unpaired) electrons. The molecule has 0 fully saturated rings. The van der Waals surface area contributed by atoms with Crippen LogP contribution in [-0.4, -0.2) is 26.9 Å². The van der Waals surface area contributed by atoms with Gasteiger partial charge in [0, 0.05) is 6.04 Å². The molecule has 1 aromatic rings. The van der Waals surface area contributed by atoms with Crippen molar-refractivity contribution in [2.45, 2.75) is 32.2 Å². The van der Waals surface area contributed by atoms with Crippen molar-refractivity contribution < 1.29 is 14.2 Å². The van der Waals surface area contributed by atoms with Crippen molar-refractivity contribution in [3.8, 4) is 17.2 Å². The highest BCUT2D eigenvalue weighted by molar-refractivity contribution is 5.54. The van der Waals surface area contributed by atoms with Crippen LogP contribution in [0.2, 0.25) is 0 Å². The van der Waals surface area contributed by atoms with Crippen molar-refractivity contribution in [3.05, 3.63) is 30.4 Å². The monoisotopic (exact) mass is 279 g/mol. The Balaban J connectivity index is 3.00. The van der Waals surface area contributed by atoms with E-state index in [-0.39, 0.29) is 6.04 Å². The number of rotatable bonds is 9. The molecule has 1 unspecified atom stereocenters. The lowest BCUT2D eigenvalue weighted by molar-refractivity contribution is 0.279. The molecule has 2 N–H and O–H groups in total. The average molecular weight is 279 g/mol. The van der Waals surface area contributed by atoms with Gasteiger partial charge in [-0.25, -0.2) is 0 Å². The Hall–Kier alpha value is -1.68. The normalized spacial score (nSPS) is 11.8. The van der Waals surface area contributed by atoms with Crippen LogP contribution >= 0.6 is 0 Å². The summed E-state index contributed by atoms with van der Waals surface area (Å²) in [6.45, 7) is 6.30. The van der Waals surface area contributed by atoms with Gasteiger partial charge in [0.15, 0.2) is 11.5 Å². The molecule has 0 aromatic heterocycles.